The van der Waals surface area contributed by atoms with Crippen molar-refractivity contribution in [3.05, 3.63) is 51.9 Å². The van der Waals surface area contributed by atoms with Gasteiger partial charge in [-0.1, -0.05) is 24.6 Å². The highest BCUT2D eigenvalue weighted by atomic mass is 35.5. The Kier molecular flexibility index (Phi) is 8.02. The van der Waals surface area contributed by atoms with Crippen LogP contribution in [0.5, 0.6) is 5.75 Å². The SMILES string of the molecule is CCOC(C)Oc1cc(C)c(C(C)C2C=CC(OCOC)=C(Cl)N2)c(C)c1. The quantitative estimate of drug-likeness (QED) is 0.484. The molecule has 1 aliphatic rings. The van der Waals surface area contributed by atoms with Gasteiger partial charge in [0, 0.05) is 19.6 Å². The second-order valence-electron chi connectivity index (χ2n) is 6.66. The number of hydrogen-bond acceptors (Lipinski definition) is 5. The van der Waals surface area contributed by atoms with Gasteiger partial charge in [0.1, 0.15) is 10.9 Å². The molecule has 0 spiro atoms. The molecule has 150 valence electrons. The number of benzene rings is 1. The topological polar surface area (TPSA) is 49.0 Å². The summed E-state index contributed by atoms with van der Waals surface area (Å²) in [5.74, 6) is 1.63. The van der Waals surface area contributed by atoms with E-state index in [1.807, 2.05) is 19.9 Å². The number of ether oxygens (including phenoxy) is 4. The monoisotopic (exact) mass is 395 g/mol. The van der Waals surface area contributed by atoms with Gasteiger partial charge in [0.15, 0.2) is 18.8 Å². The average molecular weight is 396 g/mol. The van der Waals surface area contributed by atoms with E-state index in [2.05, 4.69) is 44.3 Å². The Hall–Kier alpha value is -1.69. The highest BCUT2D eigenvalue weighted by Gasteiger charge is 2.24. The molecule has 1 heterocycles. The van der Waals surface area contributed by atoms with Gasteiger partial charge >= 0.3 is 0 Å². The molecule has 6 heteroatoms. The van der Waals surface area contributed by atoms with Gasteiger partial charge in [0.2, 0.25) is 0 Å². The maximum atomic E-state index is 6.34. The Bertz CT molecular complexity index is 678. The lowest BCUT2D eigenvalue weighted by molar-refractivity contribution is -0.0613. The van der Waals surface area contributed by atoms with E-state index in [1.54, 1.807) is 7.11 Å². The second-order valence-corrected chi connectivity index (χ2v) is 7.04. The molecule has 1 aliphatic heterocycles. The van der Waals surface area contributed by atoms with Gasteiger partial charge in [-0.05, 0) is 62.6 Å². The first-order valence-corrected chi connectivity index (χ1v) is 9.60. The normalized spacial score (nSPS) is 18.9. The van der Waals surface area contributed by atoms with E-state index in [0.29, 0.717) is 17.5 Å². The molecule has 0 saturated carbocycles. The van der Waals surface area contributed by atoms with Crippen LogP contribution < -0.4 is 10.1 Å². The van der Waals surface area contributed by atoms with E-state index >= 15 is 0 Å². The minimum atomic E-state index is -0.269. The predicted molar refractivity (Wildman–Crippen MR) is 108 cm³/mol. The molecule has 3 atom stereocenters. The molecule has 0 radical (unpaired) electrons. The number of allylic oxidation sites excluding steroid dienone is 1. The molecule has 0 fully saturated rings. The first kappa shape index (κ1) is 21.6. The van der Waals surface area contributed by atoms with Gasteiger partial charge < -0.3 is 24.3 Å². The van der Waals surface area contributed by atoms with Crippen LogP contribution in [0.4, 0.5) is 0 Å². The summed E-state index contributed by atoms with van der Waals surface area (Å²) in [6.45, 7) is 11.0. The second kappa shape index (κ2) is 10.0. The molecule has 0 saturated heterocycles. The fourth-order valence-electron chi connectivity index (χ4n) is 3.42. The van der Waals surface area contributed by atoms with Crippen molar-refractivity contribution < 1.29 is 18.9 Å². The van der Waals surface area contributed by atoms with Gasteiger partial charge in [0.05, 0.1) is 6.04 Å². The van der Waals surface area contributed by atoms with E-state index in [-0.39, 0.29) is 25.0 Å². The first-order valence-electron chi connectivity index (χ1n) is 9.23. The molecule has 2 rings (SSSR count). The number of dihydropyridines is 1. The lowest BCUT2D eigenvalue weighted by Crippen LogP contribution is -2.33. The maximum absolute atomic E-state index is 6.34. The summed E-state index contributed by atoms with van der Waals surface area (Å²) >= 11 is 6.34. The summed E-state index contributed by atoms with van der Waals surface area (Å²) in [6, 6.07) is 4.19. The summed E-state index contributed by atoms with van der Waals surface area (Å²) in [5.41, 5.74) is 3.63. The molecule has 5 nitrogen and oxygen atoms in total. The summed E-state index contributed by atoms with van der Waals surface area (Å²) in [5, 5.41) is 3.81. The van der Waals surface area contributed by atoms with Crippen molar-refractivity contribution >= 4 is 11.6 Å². The molecule has 0 aliphatic carbocycles. The van der Waals surface area contributed by atoms with Crippen molar-refractivity contribution in [3.63, 3.8) is 0 Å². The molecule has 0 amide bonds. The number of rotatable bonds is 9. The van der Waals surface area contributed by atoms with E-state index in [1.165, 1.54) is 16.7 Å². The highest BCUT2D eigenvalue weighted by molar-refractivity contribution is 6.29. The zero-order valence-electron chi connectivity index (χ0n) is 17.0. The van der Waals surface area contributed by atoms with Gasteiger partial charge in [-0.3, -0.25) is 0 Å². The molecule has 3 unspecified atom stereocenters. The molecule has 1 N–H and O–H groups in total. The van der Waals surface area contributed by atoms with Crippen molar-refractivity contribution in [1.82, 2.24) is 5.32 Å². The fraction of sp³-hybridized carbons (Fsp3) is 0.524. The number of hydrogen-bond donors (Lipinski definition) is 1. The van der Waals surface area contributed by atoms with Crippen molar-refractivity contribution in [2.24, 2.45) is 0 Å². The Morgan fingerprint density at radius 2 is 1.85 bits per heavy atom. The minimum absolute atomic E-state index is 0.0684. The zero-order valence-corrected chi connectivity index (χ0v) is 17.7. The lowest BCUT2D eigenvalue weighted by atomic mass is 9.86. The van der Waals surface area contributed by atoms with Crippen LogP contribution in [0.2, 0.25) is 0 Å². The first-order chi connectivity index (χ1) is 12.9. The fourth-order valence-corrected chi connectivity index (χ4v) is 3.66. The molecule has 1 aromatic rings. The Morgan fingerprint density at radius 3 is 2.41 bits per heavy atom. The van der Waals surface area contributed by atoms with E-state index in [0.717, 1.165) is 5.75 Å². The summed E-state index contributed by atoms with van der Waals surface area (Å²) in [4.78, 5) is 0. The third-order valence-corrected chi connectivity index (χ3v) is 4.86. The number of halogens is 1. The number of aryl methyl sites for hydroxylation is 2. The Balaban J connectivity index is 2.14. The molecule has 1 aromatic carbocycles. The molecular weight excluding hydrogens is 366 g/mol. The smallest absolute Gasteiger partial charge is 0.196 e. The average Bonchev–Trinajstić information content (AvgIpc) is 2.60. The van der Waals surface area contributed by atoms with E-state index < -0.39 is 0 Å². The standard InChI is InChI=1S/C21H30ClNO4/c1-7-25-16(5)27-17-10-13(2)20(14(3)11-17)15(4)18-8-9-19(21(22)23-18)26-12-24-6/h8-11,15-16,18,23H,7,12H2,1-6H3. The summed E-state index contributed by atoms with van der Waals surface area (Å²) in [7, 11) is 1.58. The van der Waals surface area contributed by atoms with Crippen LogP contribution >= 0.6 is 11.6 Å². The zero-order chi connectivity index (χ0) is 20.0. The van der Waals surface area contributed by atoms with Crippen molar-refractivity contribution in [2.75, 3.05) is 20.5 Å². The molecule has 0 aromatic heterocycles. The Morgan fingerprint density at radius 1 is 1.19 bits per heavy atom. The molecular formula is C21H30ClNO4. The van der Waals surface area contributed by atoms with Crippen LogP contribution in [0.1, 0.15) is 43.4 Å². The maximum Gasteiger partial charge on any atom is 0.196 e. The van der Waals surface area contributed by atoms with Crippen LogP contribution in [-0.4, -0.2) is 32.8 Å². The number of methoxy groups -OCH3 is 1. The van der Waals surface area contributed by atoms with Gasteiger partial charge in [-0.25, -0.2) is 0 Å². The van der Waals surface area contributed by atoms with Crippen LogP contribution in [-0.2, 0) is 14.2 Å². The number of nitrogens with one attached hydrogen (secondary N) is 1. The highest BCUT2D eigenvalue weighted by Crippen LogP contribution is 2.33. The summed E-state index contributed by atoms with van der Waals surface area (Å²) in [6.07, 6.45) is 3.70. The third kappa shape index (κ3) is 5.64. The summed E-state index contributed by atoms with van der Waals surface area (Å²) < 4.78 is 21.7. The predicted octanol–water partition coefficient (Wildman–Crippen LogP) is 4.72. The lowest BCUT2D eigenvalue weighted by Gasteiger charge is -2.29. The minimum Gasteiger partial charge on any atom is -0.465 e. The van der Waals surface area contributed by atoms with Crippen molar-refractivity contribution in [1.29, 1.82) is 0 Å². The van der Waals surface area contributed by atoms with Crippen molar-refractivity contribution in [3.8, 4) is 5.75 Å². The van der Waals surface area contributed by atoms with Crippen LogP contribution in [0.3, 0.4) is 0 Å². The largest absolute Gasteiger partial charge is 0.465 e. The molecule has 27 heavy (non-hydrogen) atoms. The van der Waals surface area contributed by atoms with Crippen LogP contribution in [0, 0.1) is 13.8 Å². The van der Waals surface area contributed by atoms with Gasteiger partial charge in [0.25, 0.3) is 0 Å². The third-order valence-electron chi connectivity index (χ3n) is 4.56. The Labute approximate surface area is 167 Å². The van der Waals surface area contributed by atoms with E-state index in [9.17, 15) is 0 Å². The molecule has 0 bridgehead atoms. The van der Waals surface area contributed by atoms with Gasteiger partial charge in [-0.15, -0.1) is 0 Å². The van der Waals surface area contributed by atoms with E-state index in [4.69, 9.17) is 30.5 Å². The van der Waals surface area contributed by atoms with Gasteiger partial charge in [-0.2, -0.15) is 0 Å². The van der Waals surface area contributed by atoms with Crippen LogP contribution in [0.25, 0.3) is 0 Å². The van der Waals surface area contributed by atoms with Crippen molar-refractivity contribution in [2.45, 2.75) is 52.9 Å². The van der Waals surface area contributed by atoms with Crippen LogP contribution in [0.15, 0.2) is 35.2 Å².